The lowest BCUT2D eigenvalue weighted by atomic mass is 9.99. The minimum atomic E-state index is -1.43. The van der Waals surface area contributed by atoms with E-state index in [9.17, 15) is 9.18 Å². The second kappa shape index (κ2) is 7.49. The number of nitrogens with one attached hydrogen (secondary N) is 1. The second-order valence-corrected chi connectivity index (χ2v) is 7.87. The van der Waals surface area contributed by atoms with E-state index >= 15 is 0 Å². The molecule has 160 valence electrons. The van der Waals surface area contributed by atoms with E-state index in [2.05, 4.69) is 20.1 Å². The summed E-state index contributed by atoms with van der Waals surface area (Å²) in [5.74, 6) is -0.178. The maximum absolute atomic E-state index is 14.2. The molecule has 4 aromatic rings. The lowest BCUT2D eigenvalue weighted by Crippen LogP contribution is -2.41. The summed E-state index contributed by atoms with van der Waals surface area (Å²) >= 11 is 6.33. The number of pyridine rings is 1. The maximum Gasteiger partial charge on any atom is 0.292 e. The quantitative estimate of drug-likeness (QED) is 0.514. The maximum atomic E-state index is 14.2. The predicted octanol–water partition coefficient (Wildman–Crippen LogP) is 4.08. The zero-order valence-corrected chi connectivity index (χ0v) is 17.7. The number of carbonyl (C=O) groups is 1. The number of hydrogen-bond donors (Lipinski definition) is 1. The van der Waals surface area contributed by atoms with Crippen LogP contribution in [0.2, 0.25) is 5.02 Å². The van der Waals surface area contributed by atoms with Crippen LogP contribution in [0, 0.1) is 0 Å². The molecule has 0 saturated carbocycles. The Hall–Kier alpha value is -3.20. The number of nitrogens with zero attached hydrogens (tertiary/aromatic N) is 5. The molecule has 8 nitrogen and oxygen atoms in total. The highest BCUT2D eigenvalue weighted by molar-refractivity contribution is 6.33. The largest absolute Gasteiger partial charge is 0.435 e. The average molecular weight is 443 g/mol. The van der Waals surface area contributed by atoms with Gasteiger partial charge in [0, 0.05) is 31.3 Å². The van der Waals surface area contributed by atoms with Crippen molar-refractivity contribution in [2.45, 2.75) is 38.9 Å². The number of carbonyl (C=O) groups excluding carboxylic acids is 1. The third-order valence-electron chi connectivity index (χ3n) is 5.51. The molecule has 1 aliphatic heterocycles. The summed E-state index contributed by atoms with van der Waals surface area (Å²) < 4.78 is 21.5. The number of rotatable bonds is 4. The van der Waals surface area contributed by atoms with Crippen molar-refractivity contribution in [1.82, 2.24) is 29.5 Å². The number of amides is 1. The zero-order valence-electron chi connectivity index (χ0n) is 17.0. The van der Waals surface area contributed by atoms with Crippen LogP contribution < -0.4 is 0 Å². The van der Waals surface area contributed by atoms with E-state index < -0.39 is 18.1 Å². The standard InChI is InChI=1S/C21H20ClFN6O2/c1-3-16-26-17(11(2)23)20(31-16)21(30)28-8-6-13-18(25-10-24-13)19(28)14-9-15-12(22)5-4-7-29(15)27-14/h4-5,7,9-11,19H,3,6,8H2,1-2H3,(H,24,25)/t11?,19-/m0/s1. The molecule has 5 rings (SSSR count). The molecule has 5 heterocycles. The molecule has 2 atom stereocenters. The highest BCUT2D eigenvalue weighted by atomic mass is 35.5. The van der Waals surface area contributed by atoms with E-state index in [-0.39, 0.29) is 11.5 Å². The minimum Gasteiger partial charge on any atom is -0.435 e. The summed E-state index contributed by atoms with van der Waals surface area (Å²) in [7, 11) is 0. The molecule has 1 N–H and O–H groups in total. The van der Waals surface area contributed by atoms with Crippen molar-refractivity contribution in [3.63, 3.8) is 0 Å². The molecule has 4 aromatic heterocycles. The fourth-order valence-electron chi connectivity index (χ4n) is 4.01. The van der Waals surface area contributed by atoms with Crippen LogP contribution in [0.1, 0.15) is 65.3 Å². The molecule has 0 radical (unpaired) electrons. The molecule has 10 heteroatoms. The van der Waals surface area contributed by atoms with Crippen molar-refractivity contribution in [3.05, 3.63) is 70.2 Å². The van der Waals surface area contributed by atoms with Crippen molar-refractivity contribution in [2.75, 3.05) is 6.54 Å². The molecular weight excluding hydrogens is 423 g/mol. The summed E-state index contributed by atoms with van der Waals surface area (Å²) in [5.41, 5.74) is 2.98. The Balaban J connectivity index is 1.63. The Morgan fingerprint density at radius 3 is 3.06 bits per heavy atom. The number of aromatic nitrogens is 5. The molecule has 0 bridgehead atoms. The third-order valence-corrected chi connectivity index (χ3v) is 5.83. The van der Waals surface area contributed by atoms with Crippen LogP contribution in [0.4, 0.5) is 4.39 Å². The first-order valence-electron chi connectivity index (χ1n) is 10.1. The first-order valence-corrected chi connectivity index (χ1v) is 10.5. The molecule has 0 aromatic carbocycles. The number of aryl methyl sites for hydroxylation is 1. The fourth-order valence-corrected chi connectivity index (χ4v) is 4.22. The molecular formula is C21H20ClFN6O2. The van der Waals surface area contributed by atoms with Crippen LogP contribution in [-0.2, 0) is 12.8 Å². The topological polar surface area (TPSA) is 92.3 Å². The number of halogens is 2. The van der Waals surface area contributed by atoms with Gasteiger partial charge in [0.2, 0.25) is 5.76 Å². The van der Waals surface area contributed by atoms with Crippen LogP contribution in [0.15, 0.2) is 35.1 Å². The first kappa shape index (κ1) is 19.7. The van der Waals surface area contributed by atoms with Crippen LogP contribution >= 0.6 is 11.6 Å². The van der Waals surface area contributed by atoms with Gasteiger partial charge in [0.25, 0.3) is 5.91 Å². The lowest BCUT2D eigenvalue weighted by Gasteiger charge is -2.33. The summed E-state index contributed by atoms with van der Waals surface area (Å²) in [5, 5.41) is 5.19. The predicted molar refractivity (Wildman–Crippen MR) is 111 cm³/mol. The van der Waals surface area contributed by atoms with Crippen molar-refractivity contribution in [1.29, 1.82) is 0 Å². The van der Waals surface area contributed by atoms with Gasteiger partial charge < -0.3 is 14.3 Å². The Morgan fingerprint density at radius 1 is 1.48 bits per heavy atom. The van der Waals surface area contributed by atoms with E-state index in [0.29, 0.717) is 41.7 Å². The number of H-pyrrole nitrogens is 1. The monoisotopic (exact) mass is 442 g/mol. The molecule has 0 saturated heterocycles. The molecule has 1 aliphatic rings. The van der Waals surface area contributed by atoms with E-state index in [4.69, 9.17) is 16.0 Å². The van der Waals surface area contributed by atoms with Crippen LogP contribution in [0.3, 0.4) is 0 Å². The van der Waals surface area contributed by atoms with Crippen molar-refractivity contribution in [2.24, 2.45) is 0 Å². The van der Waals surface area contributed by atoms with Gasteiger partial charge in [-0.3, -0.25) is 4.79 Å². The Labute approximate surface area is 182 Å². The first-order chi connectivity index (χ1) is 15.0. The fraction of sp³-hybridized carbons (Fsp3) is 0.333. The van der Waals surface area contributed by atoms with Gasteiger partial charge in [-0.2, -0.15) is 5.10 Å². The summed E-state index contributed by atoms with van der Waals surface area (Å²) in [6, 6.07) is 4.84. The van der Waals surface area contributed by atoms with E-state index in [0.717, 1.165) is 11.2 Å². The molecule has 31 heavy (non-hydrogen) atoms. The van der Waals surface area contributed by atoms with Crippen LogP contribution in [0.5, 0.6) is 0 Å². The molecule has 0 spiro atoms. The summed E-state index contributed by atoms with van der Waals surface area (Å²) in [6.45, 7) is 3.58. The van der Waals surface area contributed by atoms with Gasteiger partial charge in [-0.1, -0.05) is 18.5 Å². The van der Waals surface area contributed by atoms with E-state index in [1.54, 1.807) is 34.1 Å². The molecule has 1 amide bonds. The summed E-state index contributed by atoms with van der Waals surface area (Å²) in [6.07, 6.45) is 3.01. The highest BCUT2D eigenvalue weighted by Crippen LogP contribution is 2.36. The number of aromatic amines is 1. The van der Waals surface area contributed by atoms with Gasteiger partial charge in [-0.15, -0.1) is 0 Å². The van der Waals surface area contributed by atoms with Gasteiger partial charge in [0.15, 0.2) is 5.89 Å². The Bertz CT molecular complexity index is 1280. The van der Waals surface area contributed by atoms with Gasteiger partial charge >= 0.3 is 0 Å². The second-order valence-electron chi connectivity index (χ2n) is 7.46. The highest BCUT2D eigenvalue weighted by Gasteiger charge is 2.39. The molecule has 0 aliphatic carbocycles. The van der Waals surface area contributed by atoms with Gasteiger partial charge in [-0.05, 0) is 25.1 Å². The Morgan fingerprint density at radius 2 is 2.32 bits per heavy atom. The SMILES string of the molecule is CCc1nc(C(C)F)c(C(=O)N2CCc3[nH]cnc3[C@@H]2c2cc3c(Cl)cccn3n2)o1. The van der Waals surface area contributed by atoms with Gasteiger partial charge in [0.1, 0.15) is 17.9 Å². The minimum absolute atomic E-state index is 0.0199. The number of oxazole rings is 1. The number of imidazole rings is 1. The van der Waals surface area contributed by atoms with Gasteiger partial charge in [-0.25, -0.2) is 18.9 Å². The summed E-state index contributed by atoms with van der Waals surface area (Å²) in [4.78, 5) is 27.0. The van der Waals surface area contributed by atoms with E-state index in [1.807, 2.05) is 13.0 Å². The van der Waals surface area contributed by atoms with Crippen molar-refractivity contribution in [3.8, 4) is 0 Å². The van der Waals surface area contributed by atoms with Crippen molar-refractivity contribution < 1.29 is 13.6 Å². The zero-order chi connectivity index (χ0) is 21.7. The third kappa shape index (κ3) is 3.20. The van der Waals surface area contributed by atoms with Crippen molar-refractivity contribution >= 4 is 23.0 Å². The molecule has 1 unspecified atom stereocenters. The number of hydrogen-bond acceptors (Lipinski definition) is 5. The van der Waals surface area contributed by atoms with E-state index in [1.165, 1.54) is 6.92 Å². The molecule has 0 fully saturated rings. The lowest BCUT2D eigenvalue weighted by molar-refractivity contribution is 0.0648. The smallest absolute Gasteiger partial charge is 0.292 e. The van der Waals surface area contributed by atoms with Crippen LogP contribution in [-0.4, -0.2) is 41.9 Å². The average Bonchev–Trinajstić information content (AvgIpc) is 3.49. The number of fused-ring (bicyclic) bond motifs is 2. The van der Waals surface area contributed by atoms with Gasteiger partial charge in [0.05, 0.1) is 28.3 Å². The number of alkyl halides is 1. The van der Waals surface area contributed by atoms with Crippen LogP contribution in [0.25, 0.3) is 5.52 Å². The normalized spacial score (nSPS) is 17.2. The Kier molecular flexibility index (Phi) is 4.77.